The van der Waals surface area contributed by atoms with Crippen LogP contribution in [0.25, 0.3) is 11.1 Å². The average Bonchev–Trinajstić information content (AvgIpc) is 3.02. The number of hydrogen-bond acceptors (Lipinski definition) is 3. The minimum absolute atomic E-state index is 0.377. The number of benzene rings is 2. The maximum absolute atomic E-state index is 11.3. The number of aromatic amines is 1. The Morgan fingerprint density at radius 1 is 1.12 bits per heavy atom. The van der Waals surface area contributed by atoms with Gasteiger partial charge in [-0.15, -0.1) is 0 Å². The van der Waals surface area contributed by atoms with E-state index < -0.39 is 0 Å². The van der Waals surface area contributed by atoms with Crippen molar-refractivity contribution in [1.29, 1.82) is 0 Å². The molecule has 0 bridgehead atoms. The van der Waals surface area contributed by atoms with Crippen molar-refractivity contribution >= 4 is 11.1 Å². The van der Waals surface area contributed by atoms with Gasteiger partial charge in [0.15, 0.2) is 5.58 Å². The summed E-state index contributed by atoms with van der Waals surface area (Å²) in [6, 6.07) is 17.9. The van der Waals surface area contributed by atoms with Gasteiger partial charge in [0.25, 0.3) is 0 Å². The smallest absolute Gasteiger partial charge is 0.408 e. The van der Waals surface area contributed by atoms with E-state index in [1.54, 1.807) is 0 Å². The third-order valence-electron chi connectivity index (χ3n) is 5.55. The molecule has 4 nitrogen and oxygen atoms in total. The summed E-state index contributed by atoms with van der Waals surface area (Å²) in [5.74, 6) is 0.180. The summed E-state index contributed by atoms with van der Waals surface area (Å²) in [6.45, 7) is 2.28. The van der Waals surface area contributed by atoms with Crippen LogP contribution in [-0.2, 0) is 6.42 Å². The van der Waals surface area contributed by atoms with E-state index in [-0.39, 0.29) is 5.76 Å². The largest absolute Gasteiger partial charge is 0.417 e. The zero-order valence-electron chi connectivity index (χ0n) is 15.2. The number of rotatable bonds is 5. The van der Waals surface area contributed by atoms with Crippen LogP contribution >= 0.6 is 0 Å². The van der Waals surface area contributed by atoms with Gasteiger partial charge in [-0.25, -0.2) is 4.79 Å². The normalized spacial score (nSPS) is 21.7. The lowest BCUT2D eigenvalue weighted by molar-refractivity contribution is 0.319. The molecule has 1 unspecified atom stereocenters. The first kappa shape index (κ1) is 17.1. The molecule has 136 valence electrons. The predicted octanol–water partition coefficient (Wildman–Crippen LogP) is 4.37. The van der Waals surface area contributed by atoms with Crippen LogP contribution in [0.15, 0.2) is 57.7 Å². The Labute approximate surface area is 153 Å². The van der Waals surface area contributed by atoms with E-state index in [1.165, 1.54) is 36.8 Å². The predicted molar refractivity (Wildman–Crippen MR) is 105 cm³/mol. The van der Waals surface area contributed by atoms with Gasteiger partial charge in [-0.1, -0.05) is 36.4 Å². The molecule has 0 spiro atoms. The quantitative estimate of drug-likeness (QED) is 0.718. The SMILES string of the molecule is CC(Cc1ccccc1)N[C@H]1CC[C@H](c2ccc3[nH]c(=O)oc3c2)CC1. The fraction of sp³-hybridized carbons (Fsp3) is 0.409. The fourth-order valence-corrected chi connectivity index (χ4v) is 4.24. The second-order valence-corrected chi connectivity index (χ2v) is 7.58. The van der Waals surface area contributed by atoms with Gasteiger partial charge in [0.2, 0.25) is 0 Å². The van der Waals surface area contributed by atoms with Crippen LogP contribution in [0.1, 0.15) is 49.7 Å². The molecule has 2 aromatic carbocycles. The lowest BCUT2D eigenvalue weighted by Gasteiger charge is -2.31. The Balaban J connectivity index is 1.32. The molecule has 1 heterocycles. The van der Waals surface area contributed by atoms with Gasteiger partial charge in [0, 0.05) is 12.1 Å². The van der Waals surface area contributed by atoms with Crippen LogP contribution < -0.4 is 11.1 Å². The molecule has 4 heteroatoms. The molecule has 0 amide bonds. The van der Waals surface area contributed by atoms with Crippen molar-refractivity contribution < 1.29 is 4.42 Å². The van der Waals surface area contributed by atoms with E-state index in [0.29, 0.717) is 23.6 Å². The summed E-state index contributed by atoms with van der Waals surface area (Å²) >= 11 is 0. The van der Waals surface area contributed by atoms with Crippen LogP contribution in [0, 0.1) is 0 Å². The first-order valence-corrected chi connectivity index (χ1v) is 9.60. The van der Waals surface area contributed by atoms with E-state index in [4.69, 9.17) is 4.42 Å². The summed E-state index contributed by atoms with van der Waals surface area (Å²) in [6.07, 6.45) is 5.81. The second-order valence-electron chi connectivity index (χ2n) is 7.58. The highest BCUT2D eigenvalue weighted by Crippen LogP contribution is 2.34. The molecule has 1 saturated carbocycles. The zero-order valence-corrected chi connectivity index (χ0v) is 15.2. The molecule has 1 aliphatic carbocycles. The average molecular weight is 350 g/mol. The van der Waals surface area contributed by atoms with Crippen LogP contribution in [0.2, 0.25) is 0 Å². The van der Waals surface area contributed by atoms with Crippen molar-refractivity contribution in [3.05, 3.63) is 70.2 Å². The van der Waals surface area contributed by atoms with Crippen molar-refractivity contribution in [1.82, 2.24) is 10.3 Å². The Morgan fingerprint density at radius 3 is 2.65 bits per heavy atom. The topological polar surface area (TPSA) is 58.0 Å². The van der Waals surface area contributed by atoms with Crippen molar-refractivity contribution in [2.75, 3.05) is 0 Å². The van der Waals surface area contributed by atoms with E-state index in [0.717, 1.165) is 11.9 Å². The Morgan fingerprint density at radius 2 is 1.88 bits per heavy atom. The van der Waals surface area contributed by atoms with Crippen LogP contribution in [0.3, 0.4) is 0 Å². The molecule has 2 N–H and O–H groups in total. The van der Waals surface area contributed by atoms with Gasteiger partial charge in [-0.3, -0.25) is 4.98 Å². The van der Waals surface area contributed by atoms with Gasteiger partial charge in [-0.05, 0) is 68.2 Å². The molecule has 0 saturated heterocycles. The van der Waals surface area contributed by atoms with Crippen molar-refractivity contribution in [2.45, 2.75) is 57.0 Å². The number of fused-ring (bicyclic) bond motifs is 1. The maximum atomic E-state index is 11.3. The summed E-state index contributed by atoms with van der Waals surface area (Å²) in [7, 11) is 0. The van der Waals surface area contributed by atoms with E-state index >= 15 is 0 Å². The molecular formula is C22H26N2O2. The van der Waals surface area contributed by atoms with Gasteiger partial charge in [-0.2, -0.15) is 0 Å². The molecule has 4 rings (SSSR count). The van der Waals surface area contributed by atoms with Crippen LogP contribution in [0.4, 0.5) is 0 Å². The van der Waals surface area contributed by atoms with Crippen molar-refractivity contribution in [3.63, 3.8) is 0 Å². The molecule has 0 radical (unpaired) electrons. The lowest BCUT2D eigenvalue weighted by Crippen LogP contribution is -2.39. The number of oxazole rings is 1. The Kier molecular flexibility index (Phi) is 4.93. The number of aromatic nitrogens is 1. The first-order chi connectivity index (χ1) is 12.7. The summed E-state index contributed by atoms with van der Waals surface area (Å²) in [5, 5.41) is 3.81. The Hall–Kier alpha value is -2.33. The molecule has 3 aromatic rings. The van der Waals surface area contributed by atoms with Gasteiger partial charge in [0.05, 0.1) is 5.52 Å². The maximum Gasteiger partial charge on any atom is 0.417 e. The molecule has 1 aromatic heterocycles. The first-order valence-electron chi connectivity index (χ1n) is 9.60. The van der Waals surface area contributed by atoms with Gasteiger partial charge in [0.1, 0.15) is 0 Å². The van der Waals surface area contributed by atoms with E-state index in [2.05, 4.69) is 53.6 Å². The lowest BCUT2D eigenvalue weighted by atomic mass is 9.81. The fourth-order valence-electron chi connectivity index (χ4n) is 4.24. The third kappa shape index (κ3) is 3.91. The third-order valence-corrected chi connectivity index (χ3v) is 5.55. The van der Waals surface area contributed by atoms with E-state index in [1.807, 2.05) is 12.1 Å². The van der Waals surface area contributed by atoms with Crippen LogP contribution in [-0.4, -0.2) is 17.1 Å². The van der Waals surface area contributed by atoms with Gasteiger partial charge >= 0.3 is 5.76 Å². The summed E-state index contributed by atoms with van der Waals surface area (Å²) in [5.41, 5.74) is 4.13. The highest BCUT2D eigenvalue weighted by molar-refractivity contribution is 5.72. The minimum atomic E-state index is -0.377. The van der Waals surface area contributed by atoms with Crippen LogP contribution in [0.5, 0.6) is 0 Å². The summed E-state index contributed by atoms with van der Waals surface area (Å²) < 4.78 is 5.21. The van der Waals surface area contributed by atoms with Crippen molar-refractivity contribution in [3.8, 4) is 0 Å². The molecular weight excluding hydrogens is 324 g/mol. The highest BCUT2D eigenvalue weighted by atomic mass is 16.4. The monoisotopic (exact) mass is 350 g/mol. The molecule has 0 aliphatic heterocycles. The highest BCUT2D eigenvalue weighted by Gasteiger charge is 2.23. The second kappa shape index (κ2) is 7.50. The number of H-pyrrole nitrogens is 1. The summed E-state index contributed by atoms with van der Waals surface area (Å²) in [4.78, 5) is 14.0. The minimum Gasteiger partial charge on any atom is -0.408 e. The number of nitrogens with one attached hydrogen (secondary N) is 2. The number of hydrogen-bond donors (Lipinski definition) is 2. The Bertz CT molecular complexity index is 905. The zero-order chi connectivity index (χ0) is 17.9. The standard InChI is InChI=1S/C22H26N2O2/c1-15(13-16-5-3-2-4-6-16)23-19-10-7-17(8-11-19)18-9-12-20-21(14-18)26-22(25)24-20/h2-6,9,12,14-15,17,19,23H,7-8,10-11,13H2,1H3,(H,24,25)/t15?,17-,19-. The molecule has 26 heavy (non-hydrogen) atoms. The van der Waals surface area contributed by atoms with E-state index in [9.17, 15) is 4.79 Å². The molecule has 1 aliphatic rings. The van der Waals surface area contributed by atoms with Crippen molar-refractivity contribution in [2.24, 2.45) is 0 Å². The molecule has 1 fully saturated rings. The van der Waals surface area contributed by atoms with Gasteiger partial charge < -0.3 is 9.73 Å². The molecule has 1 atom stereocenters.